The summed E-state index contributed by atoms with van der Waals surface area (Å²) in [6, 6.07) is 24.7. The van der Waals surface area contributed by atoms with E-state index in [1.807, 2.05) is 42.6 Å². The molecule has 7 rings (SSSR count). The number of pyridine rings is 1. The van der Waals surface area contributed by atoms with Gasteiger partial charge in [-0.2, -0.15) is 10.2 Å². The second-order valence-electron chi connectivity index (χ2n) is 9.96. The Kier molecular flexibility index (Phi) is 6.65. The van der Waals surface area contributed by atoms with Crippen molar-refractivity contribution in [3.05, 3.63) is 90.5 Å². The number of nitrogens with one attached hydrogen (secondary N) is 2. The van der Waals surface area contributed by atoms with Crippen LogP contribution in [0.3, 0.4) is 0 Å². The second kappa shape index (κ2) is 10.9. The van der Waals surface area contributed by atoms with Gasteiger partial charge in [0.2, 0.25) is 0 Å². The van der Waals surface area contributed by atoms with Crippen molar-refractivity contribution in [3.63, 3.8) is 0 Å². The van der Waals surface area contributed by atoms with Crippen LogP contribution in [0.1, 0.15) is 11.5 Å². The number of hydrogen-bond acceptors (Lipinski definition) is 7. The van der Waals surface area contributed by atoms with Gasteiger partial charge in [0.05, 0.1) is 37.6 Å². The van der Waals surface area contributed by atoms with E-state index in [1.165, 1.54) is 0 Å². The van der Waals surface area contributed by atoms with Crippen molar-refractivity contribution >= 4 is 21.7 Å². The predicted molar refractivity (Wildman–Crippen MR) is 154 cm³/mol. The third-order valence-electron chi connectivity index (χ3n) is 7.27. The SMILES string of the molecule is c1ccc(CCOc2ccc3cc(-c4n[nH]c5ccc(-c6nc(CN7CCOCC7)n[nH]6)cc45)ccc3c2)nc1. The lowest BCUT2D eigenvalue weighted by atomic mass is 10.0. The molecule has 0 atom stereocenters. The van der Waals surface area contributed by atoms with E-state index in [2.05, 4.69) is 66.7 Å². The minimum Gasteiger partial charge on any atom is -0.493 e. The zero-order valence-electron chi connectivity index (χ0n) is 22.0. The second-order valence-corrected chi connectivity index (χ2v) is 9.96. The summed E-state index contributed by atoms with van der Waals surface area (Å²) in [7, 11) is 0. The highest BCUT2D eigenvalue weighted by molar-refractivity contribution is 5.97. The zero-order valence-corrected chi connectivity index (χ0v) is 22.0. The molecule has 2 N–H and O–H groups in total. The summed E-state index contributed by atoms with van der Waals surface area (Å²) < 4.78 is 11.4. The Morgan fingerprint density at radius 1 is 0.850 bits per heavy atom. The van der Waals surface area contributed by atoms with Crippen LogP contribution in [0.2, 0.25) is 0 Å². The monoisotopic (exact) mass is 531 g/mol. The maximum absolute atomic E-state index is 6.00. The van der Waals surface area contributed by atoms with Gasteiger partial charge in [0, 0.05) is 47.9 Å². The Bertz CT molecular complexity index is 1760. The van der Waals surface area contributed by atoms with Gasteiger partial charge in [-0.05, 0) is 59.3 Å². The Morgan fingerprint density at radius 3 is 2.62 bits per heavy atom. The Hall–Kier alpha value is -4.60. The molecule has 0 radical (unpaired) electrons. The van der Waals surface area contributed by atoms with Gasteiger partial charge in [-0.25, -0.2) is 4.98 Å². The number of ether oxygens (including phenoxy) is 2. The molecule has 200 valence electrons. The first-order valence-electron chi connectivity index (χ1n) is 13.6. The van der Waals surface area contributed by atoms with Crippen molar-refractivity contribution in [2.45, 2.75) is 13.0 Å². The van der Waals surface area contributed by atoms with Gasteiger partial charge in [-0.15, -0.1) is 0 Å². The van der Waals surface area contributed by atoms with Gasteiger partial charge in [0.25, 0.3) is 0 Å². The van der Waals surface area contributed by atoms with E-state index in [9.17, 15) is 0 Å². The van der Waals surface area contributed by atoms with Crippen LogP contribution in [0.15, 0.2) is 79.0 Å². The molecule has 1 aliphatic heterocycles. The van der Waals surface area contributed by atoms with Crippen molar-refractivity contribution in [2.24, 2.45) is 0 Å². The lowest BCUT2D eigenvalue weighted by molar-refractivity contribution is 0.0331. The normalized spacial score (nSPS) is 14.2. The first-order valence-corrected chi connectivity index (χ1v) is 13.6. The molecule has 1 fully saturated rings. The third-order valence-corrected chi connectivity index (χ3v) is 7.27. The van der Waals surface area contributed by atoms with Crippen LogP contribution >= 0.6 is 0 Å². The van der Waals surface area contributed by atoms with E-state index in [-0.39, 0.29) is 0 Å². The van der Waals surface area contributed by atoms with Crippen molar-refractivity contribution in [1.82, 2.24) is 35.3 Å². The van der Waals surface area contributed by atoms with Gasteiger partial charge in [-0.1, -0.05) is 24.3 Å². The van der Waals surface area contributed by atoms with Gasteiger partial charge < -0.3 is 9.47 Å². The Labute approximate surface area is 231 Å². The third kappa shape index (κ3) is 5.16. The minimum atomic E-state index is 0.585. The zero-order chi connectivity index (χ0) is 26.7. The number of aromatic nitrogens is 6. The fourth-order valence-electron chi connectivity index (χ4n) is 5.12. The van der Waals surface area contributed by atoms with Crippen LogP contribution < -0.4 is 4.74 Å². The molecule has 6 aromatic rings. The molecule has 0 spiro atoms. The number of fused-ring (bicyclic) bond motifs is 2. The fraction of sp³-hybridized carbons (Fsp3) is 0.226. The number of rotatable bonds is 8. The molecule has 0 bridgehead atoms. The molecular formula is C31H29N7O2. The van der Waals surface area contributed by atoms with Crippen LogP contribution in [0, 0.1) is 0 Å². The average Bonchev–Trinajstić information content (AvgIpc) is 3.65. The molecule has 1 aliphatic rings. The maximum atomic E-state index is 6.00. The molecule has 9 nitrogen and oxygen atoms in total. The summed E-state index contributed by atoms with van der Waals surface area (Å²) in [4.78, 5) is 11.4. The topological polar surface area (TPSA) is 105 Å². The molecule has 0 amide bonds. The molecule has 1 saturated heterocycles. The molecule has 3 aromatic carbocycles. The standard InChI is InChI=1S/C31H29N7O2/c1-2-11-32-25(3-1)10-14-40-26-8-6-21-17-23(5-4-22(21)18-26)30-27-19-24(7-9-28(27)34-36-30)31-33-29(35-37-31)20-38-12-15-39-16-13-38/h1-9,11,17-19H,10,12-16,20H2,(H,34,36)(H,33,35,37). The predicted octanol–water partition coefficient (Wildman–Crippen LogP) is 5.02. The van der Waals surface area contributed by atoms with Gasteiger partial charge >= 0.3 is 0 Å². The average molecular weight is 532 g/mol. The molecule has 40 heavy (non-hydrogen) atoms. The van der Waals surface area contributed by atoms with E-state index in [1.54, 1.807) is 0 Å². The van der Waals surface area contributed by atoms with E-state index < -0.39 is 0 Å². The summed E-state index contributed by atoms with van der Waals surface area (Å²) >= 11 is 0. The number of H-pyrrole nitrogens is 2. The Morgan fingerprint density at radius 2 is 1.73 bits per heavy atom. The number of aromatic amines is 2. The number of benzene rings is 3. The van der Waals surface area contributed by atoms with Crippen molar-refractivity contribution < 1.29 is 9.47 Å². The summed E-state index contributed by atoms with van der Waals surface area (Å²) in [5.74, 6) is 2.40. The van der Waals surface area contributed by atoms with E-state index in [0.717, 1.165) is 94.3 Å². The number of nitrogens with zero attached hydrogens (tertiary/aromatic N) is 5. The number of morpholine rings is 1. The molecule has 0 saturated carbocycles. The highest BCUT2D eigenvalue weighted by Gasteiger charge is 2.16. The molecule has 0 aliphatic carbocycles. The number of hydrogen-bond donors (Lipinski definition) is 2. The fourth-order valence-corrected chi connectivity index (χ4v) is 5.12. The van der Waals surface area contributed by atoms with Crippen molar-refractivity contribution in [2.75, 3.05) is 32.9 Å². The minimum absolute atomic E-state index is 0.585. The smallest absolute Gasteiger partial charge is 0.165 e. The van der Waals surface area contributed by atoms with Crippen LogP contribution in [0.4, 0.5) is 0 Å². The van der Waals surface area contributed by atoms with E-state index in [4.69, 9.17) is 14.5 Å². The van der Waals surface area contributed by atoms with Crippen LogP contribution in [-0.4, -0.2) is 68.2 Å². The van der Waals surface area contributed by atoms with Gasteiger partial charge in [-0.3, -0.25) is 20.1 Å². The summed E-state index contributed by atoms with van der Waals surface area (Å²) in [5.41, 5.74) is 4.93. The molecular weight excluding hydrogens is 502 g/mol. The molecule has 9 heteroatoms. The van der Waals surface area contributed by atoms with Gasteiger partial charge in [0.15, 0.2) is 11.6 Å². The largest absolute Gasteiger partial charge is 0.493 e. The lowest BCUT2D eigenvalue weighted by Gasteiger charge is -2.25. The highest BCUT2D eigenvalue weighted by atomic mass is 16.5. The van der Waals surface area contributed by atoms with Crippen LogP contribution in [0.5, 0.6) is 5.75 Å². The first-order chi connectivity index (χ1) is 19.8. The molecule has 4 heterocycles. The Balaban J connectivity index is 1.10. The van der Waals surface area contributed by atoms with Crippen molar-refractivity contribution in [3.8, 4) is 28.4 Å². The van der Waals surface area contributed by atoms with Gasteiger partial charge in [0.1, 0.15) is 5.75 Å². The molecule has 3 aromatic heterocycles. The summed E-state index contributed by atoms with van der Waals surface area (Å²) in [6.07, 6.45) is 2.58. The van der Waals surface area contributed by atoms with Crippen LogP contribution in [-0.2, 0) is 17.7 Å². The highest BCUT2D eigenvalue weighted by Crippen LogP contribution is 2.32. The molecule has 0 unspecified atom stereocenters. The van der Waals surface area contributed by atoms with E-state index in [0.29, 0.717) is 13.2 Å². The summed E-state index contributed by atoms with van der Waals surface area (Å²) in [5, 5.41) is 18.7. The first kappa shape index (κ1) is 24.4. The van der Waals surface area contributed by atoms with Crippen molar-refractivity contribution in [1.29, 1.82) is 0 Å². The lowest BCUT2D eigenvalue weighted by Crippen LogP contribution is -2.35. The van der Waals surface area contributed by atoms with Crippen LogP contribution in [0.25, 0.3) is 44.3 Å². The quantitative estimate of drug-likeness (QED) is 0.284. The van der Waals surface area contributed by atoms with E-state index >= 15 is 0 Å². The summed E-state index contributed by atoms with van der Waals surface area (Å²) in [6.45, 7) is 4.62. The maximum Gasteiger partial charge on any atom is 0.165 e.